The van der Waals surface area contributed by atoms with Gasteiger partial charge in [0.1, 0.15) is 17.0 Å². The fourth-order valence-electron chi connectivity index (χ4n) is 3.84. The lowest BCUT2D eigenvalue weighted by atomic mass is 10.0. The van der Waals surface area contributed by atoms with Crippen LogP contribution < -0.4 is 4.74 Å². The summed E-state index contributed by atoms with van der Waals surface area (Å²) in [4.78, 5) is 33.5. The molecule has 12 heteroatoms. The molecule has 4 rings (SSSR count). The van der Waals surface area contributed by atoms with Crippen LogP contribution in [0.15, 0.2) is 54.9 Å². The second-order valence-corrected chi connectivity index (χ2v) is 11.0. The smallest absolute Gasteiger partial charge is 0.344 e. The maximum Gasteiger partial charge on any atom is 0.344 e. The van der Waals surface area contributed by atoms with Crippen LogP contribution in [0.5, 0.6) is 11.5 Å². The summed E-state index contributed by atoms with van der Waals surface area (Å²) < 4.78 is 31.9. The number of ketones is 1. The first-order chi connectivity index (χ1) is 17.4. The van der Waals surface area contributed by atoms with Gasteiger partial charge in [0.2, 0.25) is 0 Å². The molecule has 4 aromatic rings. The maximum absolute atomic E-state index is 13.6. The number of phenols is 1. The predicted molar refractivity (Wildman–Crippen MR) is 136 cm³/mol. The summed E-state index contributed by atoms with van der Waals surface area (Å²) >= 11 is 6.43. The van der Waals surface area contributed by atoms with E-state index in [1.54, 1.807) is 10.6 Å². The van der Waals surface area contributed by atoms with Crippen LogP contribution in [0.3, 0.4) is 0 Å². The third kappa shape index (κ3) is 5.73. The minimum absolute atomic E-state index is 0.000387. The van der Waals surface area contributed by atoms with Gasteiger partial charge in [-0.1, -0.05) is 11.6 Å². The fraction of sp³-hybridized carbons (Fsp3) is 0.200. The number of aromatic hydroxyl groups is 1. The van der Waals surface area contributed by atoms with Crippen molar-refractivity contribution in [3.05, 3.63) is 82.3 Å². The van der Waals surface area contributed by atoms with Crippen LogP contribution in [0, 0.1) is 0 Å². The summed E-state index contributed by atoms with van der Waals surface area (Å²) in [6.45, 7) is 1.39. The molecule has 0 bridgehead atoms. The van der Waals surface area contributed by atoms with E-state index >= 15 is 0 Å². The van der Waals surface area contributed by atoms with Gasteiger partial charge in [-0.05, 0) is 55.0 Å². The number of benzene rings is 2. The van der Waals surface area contributed by atoms with E-state index in [9.17, 15) is 23.1 Å². The van der Waals surface area contributed by atoms with Crippen LogP contribution in [0.4, 0.5) is 0 Å². The zero-order chi connectivity index (χ0) is 26.9. The highest BCUT2D eigenvalue weighted by Gasteiger charge is 2.28. The number of fused-ring (bicyclic) bond motifs is 1. The van der Waals surface area contributed by atoms with Crippen molar-refractivity contribution in [2.75, 3.05) is 6.26 Å². The van der Waals surface area contributed by atoms with Gasteiger partial charge in [0, 0.05) is 34.9 Å². The van der Waals surface area contributed by atoms with Crippen molar-refractivity contribution in [1.29, 1.82) is 0 Å². The summed E-state index contributed by atoms with van der Waals surface area (Å²) in [5.74, 6) is -1.88. The van der Waals surface area contributed by atoms with Crippen molar-refractivity contribution in [3.8, 4) is 11.5 Å². The molecule has 2 aromatic heterocycles. The number of hydrogen-bond acceptors (Lipinski definition) is 8. The highest BCUT2D eigenvalue weighted by molar-refractivity contribution is 7.89. The SMILES string of the molecule is CC(Oc1ccc(Cl)c(Cn2c(CS(C)(=O)=O)c(C(=O)c3ccc(O)cc3)c3nccnc32)c1)C(=O)O. The molecule has 10 nitrogen and oxygen atoms in total. The van der Waals surface area contributed by atoms with Crippen molar-refractivity contribution >= 4 is 44.4 Å². The zero-order valence-electron chi connectivity index (χ0n) is 19.8. The van der Waals surface area contributed by atoms with Crippen molar-refractivity contribution in [2.45, 2.75) is 25.3 Å². The van der Waals surface area contributed by atoms with E-state index in [-0.39, 0.29) is 46.0 Å². The van der Waals surface area contributed by atoms with E-state index in [0.29, 0.717) is 10.6 Å². The molecule has 0 spiro atoms. The average Bonchev–Trinajstić information content (AvgIpc) is 3.12. The Morgan fingerprint density at radius 2 is 1.78 bits per heavy atom. The maximum atomic E-state index is 13.6. The second-order valence-electron chi connectivity index (χ2n) is 8.43. The average molecular weight is 544 g/mol. The molecule has 0 fully saturated rings. The summed E-state index contributed by atoms with van der Waals surface area (Å²) in [5.41, 5.74) is 1.43. The number of halogens is 1. The molecular weight excluding hydrogens is 522 g/mol. The molecule has 2 N–H and O–H groups in total. The summed E-state index contributed by atoms with van der Waals surface area (Å²) in [5, 5.41) is 19.1. The zero-order valence-corrected chi connectivity index (χ0v) is 21.3. The number of phenolic OH excluding ortho intramolecular Hbond substituents is 1. The van der Waals surface area contributed by atoms with Crippen molar-refractivity contribution in [3.63, 3.8) is 0 Å². The summed E-state index contributed by atoms with van der Waals surface area (Å²) in [6, 6.07) is 10.2. The van der Waals surface area contributed by atoms with Crippen LogP contribution in [0.1, 0.15) is 34.1 Å². The highest BCUT2D eigenvalue weighted by Crippen LogP contribution is 2.31. The Hall–Kier alpha value is -3.96. The molecule has 2 heterocycles. The summed E-state index contributed by atoms with van der Waals surface area (Å²) in [7, 11) is -3.62. The predicted octanol–water partition coefficient (Wildman–Crippen LogP) is 3.47. The number of hydrogen-bond donors (Lipinski definition) is 2. The van der Waals surface area contributed by atoms with E-state index in [1.165, 1.54) is 55.7 Å². The number of carbonyl (C=O) groups excluding carboxylic acids is 1. The van der Waals surface area contributed by atoms with Crippen LogP contribution in [-0.2, 0) is 26.9 Å². The van der Waals surface area contributed by atoms with E-state index in [1.807, 2.05) is 0 Å². The first-order valence-electron chi connectivity index (χ1n) is 11.0. The van der Waals surface area contributed by atoms with E-state index in [0.717, 1.165) is 6.26 Å². The molecule has 0 saturated carbocycles. The molecule has 1 unspecified atom stereocenters. The van der Waals surface area contributed by atoms with Crippen LogP contribution in [0.2, 0.25) is 5.02 Å². The molecule has 0 aliphatic rings. The fourth-order valence-corrected chi connectivity index (χ4v) is 4.81. The lowest BCUT2D eigenvalue weighted by molar-refractivity contribution is -0.144. The van der Waals surface area contributed by atoms with Gasteiger partial charge in [0.05, 0.1) is 17.9 Å². The molecule has 37 heavy (non-hydrogen) atoms. The van der Waals surface area contributed by atoms with Gasteiger partial charge in [0.25, 0.3) is 0 Å². The molecule has 0 saturated heterocycles. The number of nitrogens with zero attached hydrogens (tertiary/aromatic N) is 3. The van der Waals surface area contributed by atoms with Gasteiger partial charge in [-0.25, -0.2) is 18.2 Å². The standard InChI is InChI=1S/C25H22ClN3O7S/c1-14(25(32)33)36-18-7-8-19(26)16(11-18)12-29-20(13-37(2,34)35)21(22-24(29)28-10-9-27-22)23(31)15-3-5-17(30)6-4-15/h3-11,14,30H,12-13H2,1-2H3,(H,32,33). The Bertz CT molecular complexity index is 1620. The van der Waals surface area contributed by atoms with Crippen molar-refractivity contribution in [2.24, 2.45) is 0 Å². The number of aliphatic carboxylic acids is 1. The molecular formula is C25H22ClN3O7S. The molecule has 0 radical (unpaired) electrons. The Morgan fingerprint density at radius 1 is 1.11 bits per heavy atom. The van der Waals surface area contributed by atoms with E-state index in [2.05, 4.69) is 9.97 Å². The van der Waals surface area contributed by atoms with Gasteiger partial charge in [0.15, 0.2) is 27.4 Å². The Morgan fingerprint density at radius 3 is 2.43 bits per heavy atom. The van der Waals surface area contributed by atoms with Gasteiger partial charge in [-0.3, -0.25) is 9.78 Å². The Kier molecular flexibility index (Phi) is 7.19. The summed E-state index contributed by atoms with van der Waals surface area (Å²) in [6.07, 6.45) is 2.77. The first-order valence-corrected chi connectivity index (χ1v) is 13.4. The lowest BCUT2D eigenvalue weighted by Crippen LogP contribution is -2.23. The molecule has 0 aliphatic heterocycles. The minimum Gasteiger partial charge on any atom is -0.508 e. The van der Waals surface area contributed by atoms with E-state index in [4.69, 9.17) is 21.4 Å². The largest absolute Gasteiger partial charge is 0.508 e. The van der Waals surface area contributed by atoms with Crippen LogP contribution in [-0.4, -0.2) is 57.3 Å². The molecule has 0 amide bonds. The van der Waals surface area contributed by atoms with Crippen LogP contribution >= 0.6 is 11.6 Å². The number of carboxylic acid groups (broad SMARTS) is 1. The number of aromatic nitrogens is 3. The first kappa shape index (κ1) is 26.1. The number of rotatable bonds is 9. The molecule has 0 aliphatic carbocycles. The Balaban J connectivity index is 1.90. The van der Waals surface area contributed by atoms with E-state index < -0.39 is 33.4 Å². The van der Waals surface area contributed by atoms with Gasteiger partial charge >= 0.3 is 5.97 Å². The third-order valence-corrected chi connectivity index (χ3v) is 6.71. The number of ether oxygens (including phenoxy) is 1. The second kappa shape index (κ2) is 10.2. The monoisotopic (exact) mass is 543 g/mol. The molecule has 2 aromatic carbocycles. The topological polar surface area (TPSA) is 149 Å². The van der Waals surface area contributed by atoms with Gasteiger partial charge in [-0.2, -0.15) is 0 Å². The molecule has 1 atom stereocenters. The van der Waals surface area contributed by atoms with Crippen molar-refractivity contribution < 1.29 is 33.0 Å². The number of carbonyl (C=O) groups is 2. The quantitative estimate of drug-likeness (QED) is 0.302. The van der Waals surface area contributed by atoms with Gasteiger partial charge < -0.3 is 19.5 Å². The third-order valence-electron chi connectivity index (χ3n) is 5.55. The normalized spacial score (nSPS) is 12.4. The highest BCUT2D eigenvalue weighted by atomic mass is 35.5. The van der Waals surface area contributed by atoms with Crippen LogP contribution in [0.25, 0.3) is 11.2 Å². The van der Waals surface area contributed by atoms with Crippen molar-refractivity contribution in [1.82, 2.24) is 14.5 Å². The van der Waals surface area contributed by atoms with Gasteiger partial charge in [-0.15, -0.1) is 0 Å². The minimum atomic E-state index is -3.62. The number of carboxylic acids is 1. The number of sulfone groups is 1. The lowest BCUT2D eigenvalue weighted by Gasteiger charge is -2.15. The molecule has 192 valence electrons. The Labute approximate surface area is 217 Å².